The first-order valence-corrected chi connectivity index (χ1v) is 7.66. The predicted octanol–water partition coefficient (Wildman–Crippen LogP) is 1.73. The summed E-state index contributed by atoms with van der Waals surface area (Å²) >= 11 is 1.66. The maximum absolute atomic E-state index is 9.38. The van der Waals surface area contributed by atoms with E-state index in [0.29, 0.717) is 0 Å². The van der Waals surface area contributed by atoms with Crippen molar-refractivity contribution < 1.29 is 5.11 Å². The van der Waals surface area contributed by atoms with E-state index in [2.05, 4.69) is 23.6 Å². The number of aryl methyl sites for hydroxylation is 1. The number of anilines is 1. The summed E-state index contributed by atoms with van der Waals surface area (Å²) in [7, 11) is 0. The number of likely N-dealkylation sites (N-methyl/N-ethyl adjacent to an activating group) is 1. The van der Waals surface area contributed by atoms with Crippen LogP contribution in [0.15, 0.2) is 0 Å². The molecule has 2 rings (SSSR count). The van der Waals surface area contributed by atoms with Crippen LogP contribution in [0.1, 0.15) is 30.8 Å². The fraction of sp³-hybridized carbons (Fsp3) is 0.769. The molecule has 1 saturated heterocycles. The Morgan fingerprint density at radius 2 is 1.94 bits per heavy atom. The third kappa shape index (κ3) is 3.02. The van der Waals surface area contributed by atoms with Crippen LogP contribution in [0.3, 0.4) is 0 Å². The van der Waals surface area contributed by atoms with Crippen molar-refractivity contribution in [3.05, 3.63) is 10.6 Å². The first-order valence-electron chi connectivity index (χ1n) is 6.85. The molecule has 1 fully saturated rings. The van der Waals surface area contributed by atoms with Gasteiger partial charge in [-0.25, -0.2) is 4.98 Å². The molecule has 18 heavy (non-hydrogen) atoms. The van der Waals surface area contributed by atoms with Crippen molar-refractivity contribution >= 4 is 16.5 Å². The first kappa shape index (κ1) is 13.8. The lowest BCUT2D eigenvalue weighted by Gasteiger charge is -2.33. The third-order valence-electron chi connectivity index (χ3n) is 3.49. The second-order valence-electron chi connectivity index (χ2n) is 4.70. The van der Waals surface area contributed by atoms with Gasteiger partial charge in [0.15, 0.2) is 5.13 Å². The van der Waals surface area contributed by atoms with Gasteiger partial charge in [0, 0.05) is 26.2 Å². The second-order valence-corrected chi connectivity index (χ2v) is 5.76. The van der Waals surface area contributed by atoms with Gasteiger partial charge in [-0.3, -0.25) is 0 Å². The molecule has 1 aromatic rings. The minimum absolute atomic E-state index is 0.127. The molecule has 0 saturated carbocycles. The fourth-order valence-electron chi connectivity index (χ4n) is 2.32. The maximum Gasteiger partial charge on any atom is 0.185 e. The summed E-state index contributed by atoms with van der Waals surface area (Å²) < 4.78 is 0. The average molecular weight is 269 g/mol. The number of rotatable bonds is 5. The zero-order valence-electron chi connectivity index (χ0n) is 11.4. The van der Waals surface area contributed by atoms with Gasteiger partial charge in [-0.1, -0.05) is 31.6 Å². The number of aromatic nitrogens is 1. The van der Waals surface area contributed by atoms with Crippen molar-refractivity contribution in [1.82, 2.24) is 9.88 Å². The van der Waals surface area contributed by atoms with E-state index in [-0.39, 0.29) is 6.61 Å². The topological polar surface area (TPSA) is 39.6 Å². The summed E-state index contributed by atoms with van der Waals surface area (Å²) in [4.78, 5) is 10.6. The summed E-state index contributed by atoms with van der Waals surface area (Å²) in [5.74, 6) is 0. The minimum atomic E-state index is 0.127. The van der Waals surface area contributed by atoms with E-state index in [9.17, 15) is 5.11 Å². The van der Waals surface area contributed by atoms with Gasteiger partial charge < -0.3 is 14.9 Å². The second kappa shape index (κ2) is 6.50. The Balaban J connectivity index is 2.05. The van der Waals surface area contributed by atoms with Crippen LogP contribution in [-0.4, -0.2) is 47.7 Å². The summed E-state index contributed by atoms with van der Waals surface area (Å²) in [6, 6.07) is 0. The van der Waals surface area contributed by atoms with Gasteiger partial charge in [0.25, 0.3) is 0 Å². The molecule has 1 aliphatic heterocycles. The van der Waals surface area contributed by atoms with Crippen LogP contribution >= 0.6 is 11.3 Å². The number of thiazole rings is 1. The highest BCUT2D eigenvalue weighted by Crippen LogP contribution is 2.28. The van der Waals surface area contributed by atoms with E-state index in [1.807, 2.05) is 0 Å². The fourth-order valence-corrected chi connectivity index (χ4v) is 3.33. The lowest BCUT2D eigenvalue weighted by atomic mass is 10.2. The Hall–Kier alpha value is -0.650. The summed E-state index contributed by atoms with van der Waals surface area (Å²) in [5, 5.41) is 10.5. The lowest BCUT2D eigenvalue weighted by molar-refractivity contribution is 0.271. The molecule has 0 unspecified atom stereocenters. The molecule has 4 nitrogen and oxygen atoms in total. The van der Waals surface area contributed by atoms with Gasteiger partial charge in [-0.2, -0.15) is 0 Å². The predicted molar refractivity (Wildman–Crippen MR) is 76.4 cm³/mol. The molecule has 0 radical (unpaired) electrons. The van der Waals surface area contributed by atoms with E-state index in [4.69, 9.17) is 4.98 Å². The molecule has 0 spiro atoms. The number of hydrogen-bond acceptors (Lipinski definition) is 5. The van der Waals surface area contributed by atoms with Crippen LogP contribution in [0.2, 0.25) is 0 Å². The van der Waals surface area contributed by atoms with E-state index in [1.165, 1.54) is 0 Å². The molecule has 0 bridgehead atoms. The molecule has 0 amide bonds. The SMILES string of the molecule is CCCc1nc(N2CCN(CC)CC2)sc1CO. The highest BCUT2D eigenvalue weighted by Gasteiger charge is 2.20. The molecule has 5 heteroatoms. The Morgan fingerprint density at radius 1 is 1.22 bits per heavy atom. The monoisotopic (exact) mass is 269 g/mol. The van der Waals surface area contributed by atoms with Crippen molar-refractivity contribution in [2.45, 2.75) is 33.3 Å². The van der Waals surface area contributed by atoms with Crippen LogP contribution < -0.4 is 4.90 Å². The number of aliphatic hydroxyl groups excluding tert-OH is 1. The highest BCUT2D eigenvalue weighted by atomic mass is 32.1. The zero-order valence-corrected chi connectivity index (χ0v) is 12.2. The van der Waals surface area contributed by atoms with Gasteiger partial charge in [-0.05, 0) is 13.0 Å². The molecule has 1 aromatic heterocycles. The molecule has 1 aliphatic rings. The zero-order chi connectivity index (χ0) is 13.0. The van der Waals surface area contributed by atoms with Gasteiger partial charge in [0.2, 0.25) is 0 Å². The van der Waals surface area contributed by atoms with Crippen molar-refractivity contribution in [3.63, 3.8) is 0 Å². The highest BCUT2D eigenvalue weighted by molar-refractivity contribution is 7.15. The van der Waals surface area contributed by atoms with Crippen LogP contribution in [0.25, 0.3) is 0 Å². The first-order chi connectivity index (χ1) is 8.78. The molecular weight excluding hydrogens is 246 g/mol. The van der Waals surface area contributed by atoms with E-state index < -0.39 is 0 Å². The van der Waals surface area contributed by atoms with Crippen LogP contribution in [-0.2, 0) is 13.0 Å². The van der Waals surface area contributed by atoms with E-state index in [0.717, 1.165) is 61.3 Å². The van der Waals surface area contributed by atoms with Gasteiger partial charge >= 0.3 is 0 Å². The molecule has 1 N–H and O–H groups in total. The number of aliphatic hydroxyl groups is 1. The number of piperazine rings is 1. The van der Waals surface area contributed by atoms with Crippen molar-refractivity contribution in [1.29, 1.82) is 0 Å². The molecule has 102 valence electrons. The van der Waals surface area contributed by atoms with Gasteiger partial charge in [0.05, 0.1) is 17.2 Å². The van der Waals surface area contributed by atoms with Crippen molar-refractivity contribution in [2.75, 3.05) is 37.6 Å². The van der Waals surface area contributed by atoms with Crippen LogP contribution in [0.5, 0.6) is 0 Å². The van der Waals surface area contributed by atoms with Crippen LogP contribution in [0.4, 0.5) is 5.13 Å². The standard InChI is InChI=1S/C13H23N3OS/c1-3-5-11-12(10-17)18-13(14-11)16-8-6-15(4-2)7-9-16/h17H,3-10H2,1-2H3. The maximum atomic E-state index is 9.38. The Kier molecular flexibility index (Phi) is 4.97. The Labute approximate surface area is 113 Å². The molecule has 2 heterocycles. The average Bonchev–Trinajstić information content (AvgIpc) is 2.82. The van der Waals surface area contributed by atoms with E-state index >= 15 is 0 Å². The summed E-state index contributed by atoms with van der Waals surface area (Å²) in [6.07, 6.45) is 2.06. The number of hydrogen-bond donors (Lipinski definition) is 1. The molecule has 0 aliphatic carbocycles. The minimum Gasteiger partial charge on any atom is -0.391 e. The summed E-state index contributed by atoms with van der Waals surface area (Å²) in [5.41, 5.74) is 1.10. The Morgan fingerprint density at radius 3 is 2.50 bits per heavy atom. The quantitative estimate of drug-likeness (QED) is 0.883. The Bertz CT molecular complexity index is 372. The van der Waals surface area contributed by atoms with Gasteiger partial charge in [-0.15, -0.1) is 0 Å². The molecule has 0 aromatic carbocycles. The lowest BCUT2D eigenvalue weighted by Crippen LogP contribution is -2.46. The third-order valence-corrected chi connectivity index (χ3v) is 4.63. The van der Waals surface area contributed by atoms with Crippen molar-refractivity contribution in [2.24, 2.45) is 0 Å². The van der Waals surface area contributed by atoms with Gasteiger partial charge in [0.1, 0.15) is 0 Å². The largest absolute Gasteiger partial charge is 0.391 e. The van der Waals surface area contributed by atoms with E-state index in [1.54, 1.807) is 11.3 Å². The van der Waals surface area contributed by atoms with Crippen LogP contribution in [0, 0.1) is 0 Å². The summed E-state index contributed by atoms with van der Waals surface area (Å²) in [6.45, 7) is 9.97. The normalized spacial score (nSPS) is 17.4. The molecule has 0 atom stereocenters. The molecular formula is C13H23N3OS. The smallest absolute Gasteiger partial charge is 0.185 e. The number of nitrogens with zero attached hydrogens (tertiary/aromatic N) is 3. The van der Waals surface area contributed by atoms with Crippen molar-refractivity contribution in [3.8, 4) is 0 Å².